The molecular formula is C7H12N4O4S2. The summed E-state index contributed by atoms with van der Waals surface area (Å²) < 4.78 is 25.3. The summed E-state index contributed by atoms with van der Waals surface area (Å²) in [6.45, 7) is 2.46. The number of hydrogen-bond acceptors (Lipinski definition) is 7. The van der Waals surface area contributed by atoms with Crippen LogP contribution >= 0.6 is 11.3 Å². The minimum absolute atomic E-state index is 0.106. The highest BCUT2D eigenvalue weighted by atomic mass is 32.2. The normalized spacial score (nSPS) is 13.4. The van der Waals surface area contributed by atoms with Gasteiger partial charge in [-0.15, -0.1) is 10.2 Å². The number of carbonyl (C=O) groups excluding carboxylic acids is 1. The molecule has 0 unspecified atom stereocenters. The van der Waals surface area contributed by atoms with Crippen molar-refractivity contribution in [2.24, 2.45) is 0 Å². The number of hydrogen-bond donors (Lipinski definition) is 3. The topological polar surface area (TPSA) is 121 Å². The van der Waals surface area contributed by atoms with Crippen LogP contribution in [0.2, 0.25) is 0 Å². The van der Waals surface area contributed by atoms with Crippen LogP contribution in [0.5, 0.6) is 0 Å². The van der Waals surface area contributed by atoms with Gasteiger partial charge in [-0.05, 0) is 6.92 Å². The molecule has 0 radical (unpaired) electrons. The van der Waals surface area contributed by atoms with Crippen molar-refractivity contribution in [3.8, 4) is 0 Å². The third kappa shape index (κ3) is 4.00. The lowest BCUT2D eigenvalue weighted by molar-refractivity contribution is -0.114. The zero-order chi connectivity index (χ0) is 13.1. The molecule has 1 rings (SSSR count). The molecule has 1 atom stereocenters. The maximum atomic E-state index is 11.7. The first-order valence-corrected chi connectivity index (χ1v) is 6.89. The van der Waals surface area contributed by atoms with E-state index in [0.29, 0.717) is 0 Å². The second-order valence-corrected chi connectivity index (χ2v) is 6.12. The van der Waals surface area contributed by atoms with Crippen molar-refractivity contribution in [1.82, 2.24) is 14.9 Å². The highest BCUT2D eigenvalue weighted by Crippen LogP contribution is 2.19. The molecule has 3 N–H and O–H groups in total. The summed E-state index contributed by atoms with van der Waals surface area (Å²) in [7, 11) is -3.80. The van der Waals surface area contributed by atoms with Gasteiger partial charge in [0.25, 0.3) is 10.0 Å². The average molecular weight is 280 g/mol. The van der Waals surface area contributed by atoms with Crippen LogP contribution in [0.15, 0.2) is 4.34 Å². The number of sulfonamides is 1. The van der Waals surface area contributed by atoms with Crippen LogP contribution in [-0.2, 0) is 14.8 Å². The van der Waals surface area contributed by atoms with Crippen molar-refractivity contribution in [3.63, 3.8) is 0 Å². The lowest BCUT2D eigenvalue weighted by Gasteiger charge is -2.08. The number of amides is 1. The van der Waals surface area contributed by atoms with E-state index in [-0.39, 0.29) is 22.0 Å². The van der Waals surface area contributed by atoms with Gasteiger partial charge in [-0.3, -0.25) is 4.79 Å². The Kier molecular flexibility index (Phi) is 4.51. The summed E-state index contributed by atoms with van der Waals surface area (Å²) >= 11 is 0.734. The Labute approximate surface area is 102 Å². The van der Waals surface area contributed by atoms with E-state index < -0.39 is 16.1 Å². The van der Waals surface area contributed by atoms with Gasteiger partial charge in [-0.1, -0.05) is 11.3 Å². The van der Waals surface area contributed by atoms with Gasteiger partial charge in [0.05, 0.1) is 6.61 Å². The van der Waals surface area contributed by atoms with Gasteiger partial charge < -0.3 is 10.4 Å². The average Bonchev–Trinajstić information content (AvgIpc) is 2.65. The van der Waals surface area contributed by atoms with Gasteiger partial charge in [0.15, 0.2) is 0 Å². The van der Waals surface area contributed by atoms with E-state index in [0.717, 1.165) is 11.3 Å². The van der Waals surface area contributed by atoms with E-state index in [2.05, 4.69) is 20.2 Å². The lowest BCUT2D eigenvalue weighted by Crippen LogP contribution is -2.34. The van der Waals surface area contributed by atoms with Gasteiger partial charge in [-0.25, -0.2) is 13.1 Å². The Morgan fingerprint density at radius 3 is 2.71 bits per heavy atom. The van der Waals surface area contributed by atoms with Gasteiger partial charge >= 0.3 is 0 Å². The molecule has 1 aromatic rings. The molecule has 0 aliphatic carbocycles. The molecule has 0 aliphatic heterocycles. The Morgan fingerprint density at radius 1 is 1.53 bits per heavy atom. The molecule has 1 aromatic heterocycles. The smallest absolute Gasteiger partial charge is 0.270 e. The van der Waals surface area contributed by atoms with E-state index >= 15 is 0 Å². The number of aromatic nitrogens is 2. The first kappa shape index (κ1) is 14.0. The summed E-state index contributed by atoms with van der Waals surface area (Å²) in [5.41, 5.74) is 0. The van der Waals surface area contributed by atoms with E-state index in [4.69, 9.17) is 5.11 Å². The fourth-order valence-corrected chi connectivity index (χ4v) is 3.07. The SMILES string of the molecule is CC(=O)Nc1nnc(S(=O)(=O)N[C@H](C)CO)s1. The minimum atomic E-state index is -3.80. The molecule has 0 fully saturated rings. The largest absolute Gasteiger partial charge is 0.395 e. The van der Waals surface area contributed by atoms with Gasteiger partial charge in [0.2, 0.25) is 15.4 Å². The summed E-state index contributed by atoms with van der Waals surface area (Å²) in [6, 6.07) is -0.617. The van der Waals surface area contributed by atoms with Gasteiger partial charge in [0, 0.05) is 13.0 Å². The molecule has 1 heterocycles. The summed E-state index contributed by atoms with van der Waals surface area (Å²) in [5.74, 6) is -0.359. The Bertz CT molecular complexity index is 498. The molecule has 0 aliphatic rings. The second-order valence-electron chi connectivity index (χ2n) is 3.26. The van der Waals surface area contributed by atoms with Crippen molar-refractivity contribution in [3.05, 3.63) is 0 Å². The third-order valence-corrected chi connectivity index (χ3v) is 4.35. The van der Waals surface area contributed by atoms with Crippen molar-refractivity contribution in [2.75, 3.05) is 11.9 Å². The van der Waals surface area contributed by atoms with E-state index in [1.807, 2.05) is 0 Å². The molecule has 96 valence electrons. The number of carbonyl (C=O) groups is 1. The van der Waals surface area contributed by atoms with Crippen LogP contribution in [0.4, 0.5) is 5.13 Å². The molecular weight excluding hydrogens is 268 g/mol. The molecule has 0 aromatic carbocycles. The Hall–Kier alpha value is -1.10. The molecule has 0 spiro atoms. The number of nitrogens with zero attached hydrogens (tertiary/aromatic N) is 2. The second kappa shape index (κ2) is 5.49. The number of aliphatic hydroxyl groups is 1. The quantitative estimate of drug-likeness (QED) is 0.604. The zero-order valence-corrected chi connectivity index (χ0v) is 10.8. The van der Waals surface area contributed by atoms with Crippen LogP contribution in [0.3, 0.4) is 0 Å². The number of aliphatic hydroxyl groups excluding tert-OH is 1. The summed E-state index contributed by atoms with van der Waals surface area (Å²) in [5, 5.41) is 18.1. The molecule has 8 nitrogen and oxygen atoms in total. The highest BCUT2D eigenvalue weighted by molar-refractivity contribution is 7.91. The van der Waals surface area contributed by atoms with Crippen LogP contribution < -0.4 is 10.0 Å². The van der Waals surface area contributed by atoms with Crippen molar-refractivity contribution >= 4 is 32.4 Å². The number of rotatable bonds is 5. The van der Waals surface area contributed by atoms with Crippen molar-refractivity contribution < 1.29 is 18.3 Å². The fraction of sp³-hybridized carbons (Fsp3) is 0.571. The van der Waals surface area contributed by atoms with Gasteiger partial charge in [-0.2, -0.15) is 0 Å². The highest BCUT2D eigenvalue weighted by Gasteiger charge is 2.22. The lowest BCUT2D eigenvalue weighted by atomic mass is 10.4. The monoisotopic (exact) mass is 280 g/mol. The molecule has 1 amide bonds. The van der Waals surface area contributed by atoms with Crippen LogP contribution in [0.1, 0.15) is 13.8 Å². The van der Waals surface area contributed by atoms with Crippen molar-refractivity contribution in [2.45, 2.75) is 24.2 Å². The molecule has 0 saturated heterocycles. The molecule has 17 heavy (non-hydrogen) atoms. The minimum Gasteiger partial charge on any atom is -0.395 e. The first-order valence-electron chi connectivity index (χ1n) is 4.59. The molecule has 0 saturated carbocycles. The molecule has 10 heteroatoms. The van der Waals surface area contributed by atoms with Gasteiger partial charge in [0.1, 0.15) is 0 Å². The van der Waals surface area contributed by atoms with E-state index in [9.17, 15) is 13.2 Å². The Morgan fingerprint density at radius 2 is 2.18 bits per heavy atom. The number of anilines is 1. The molecule has 0 bridgehead atoms. The van der Waals surface area contributed by atoms with E-state index in [1.54, 1.807) is 0 Å². The predicted octanol–water partition coefficient (Wildman–Crippen LogP) is -0.844. The first-order chi connectivity index (χ1) is 7.85. The Balaban J connectivity index is 2.85. The zero-order valence-electron chi connectivity index (χ0n) is 9.17. The third-order valence-electron chi connectivity index (χ3n) is 1.55. The predicted molar refractivity (Wildman–Crippen MR) is 61.1 cm³/mol. The van der Waals surface area contributed by atoms with Crippen LogP contribution in [0.25, 0.3) is 0 Å². The number of nitrogens with one attached hydrogen (secondary N) is 2. The fourth-order valence-electron chi connectivity index (χ4n) is 0.872. The maximum absolute atomic E-state index is 11.7. The maximum Gasteiger partial charge on any atom is 0.270 e. The van der Waals surface area contributed by atoms with Crippen molar-refractivity contribution in [1.29, 1.82) is 0 Å². The van der Waals surface area contributed by atoms with E-state index in [1.165, 1.54) is 13.8 Å². The summed E-state index contributed by atoms with van der Waals surface area (Å²) in [4.78, 5) is 10.7. The standard InChI is InChI=1S/C7H12N4O4S2/c1-4(3-12)11-17(14,15)7-10-9-6(16-7)8-5(2)13/h4,11-12H,3H2,1-2H3,(H,8,9,13)/t4-/m1/s1. The van der Waals surface area contributed by atoms with Crippen LogP contribution in [-0.4, -0.2) is 42.3 Å². The summed E-state index contributed by atoms with van der Waals surface area (Å²) in [6.07, 6.45) is 0. The van der Waals surface area contributed by atoms with Crippen LogP contribution in [0, 0.1) is 0 Å².